The first-order valence-corrected chi connectivity index (χ1v) is 4.94. The summed E-state index contributed by atoms with van der Waals surface area (Å²) in [5, 5.41) is -0.135. The molecule has 0 bridgehead atoms. The van der Waals surface area contributed by atoms with E-state index in [2.05, 4.69) is 20.9 Å². The minimum Gasteiger partial charge on any atom is -0.465 e. The lowest BCUT2D eigenvalue weighted by atomic mass is 10.4. The average Bonchev–Trinajstić information content (AvgIpc) is 2.36. The van der Waals surface area contributed by atoms with E-state index < -0.39 is 0 Å². The van der Waals surface area contributed by atoms with E-state index in [0.717, 1.165) is 3.95 Å². The van der Waals surface area contributed by atoms with Gasteiger partial charge in [-0.05, 0) is 22.9 Å². The van der Waals surface area contributed by atoms with E-state index in [-0.39, 0.29) is 11.2 Å². The van der Waals surface area contributed by atoms with E-state index in [1.54, 1.807) is 6.92 Å². The molecule has 62 valence electrons. The van der Waals surface area contributed by atoms with E-state index in [1.165, 1.54) is 11.8 Å². The van der Waals surface area contributed by atoms with Crippen molar-refractivity contribution >= 4 is 37.6 Å². The van der Waals surface area contributed by atoms with Crippen LogP contribution in [0.2, 0.25) is 0 Å². The second-order valence-corrected chi connectivity index (χ2v) is 4.42. The SMILES string of the molecule is CCOC(=O)C1CN=C(Br)S1. The first-order valence-electron chi connectivity index (χ1n) is 3.27. The van der Waals surface area contributed by atoms with Gasteiger partial charge in [-0.3, -0.25) is 9.79 Å². The Bertz CT molecular complexity index is 195. The minimum absolute atomic E-state index is 0.135. The molecule has 3 nitrogen and oxygen atoms in total. The fourth-order valence-corrected chi connectivity index (χ4v) is 2.22. The number of carbonyl (C=O) groups is 1. The molecule has 1 aliphatic rings. The number of aliphatic imine (C=N–C) groups is 1. The number of esters is 1. The van der Waals surface area contributed by atoms with Gasteiger partial charge in [-0.25, -0.2) is 0 Å². The van der Waals surface area contributed by atoms with E-state index in [4.69, 9.17) is 4.74 Å². The zero-order valence-electron chi connectivity index (χ0n) is 6.04. The molecule has 0 aromatic rings. The standard InChI is InChI=1S/C6H8BrNO2S/c1-2-10-5(9)4-3-8-6(7)11-4/h4H,2-3H2,1H3. The van der Waals surface area contributed by atoms with Crippen molar-refractivity contribution in [2.45, 2.75) is 12.2 Å². The predicted octanol–water partition coefficient (Wildman–Crippen LogP) is 1.42. The molecule has 0 fully saturated rings. The number of carbonyl (C=O) groups excluding carboxylic acids is 1. The molecule has 0 aliphatic carbocycles. The Morgan fingerprint density at radius 2 is 2.73 bits per heavy atom. The molecule has 5 heteroatoms. The first-order chi connectivity index (χ1) is 5.24. The van der Waals surface area contributed by atoms with Crippen LogP contribution in [0.25, 0.3) is 0 Å². The van der Waals surface area contributed by atoms with Crippen LogP contribution in [-0.2, 0) is 9.53 Å². The zero-order valence-corrected chi connectivity index (χ0v) is 8.44. The van der Waals surface area contributed by atoms with Gasteiger partial charge in [0, 0.05) is 0 Å². The van der Waals surface area contributed by atoms with Gasteiger partial charge in [0.25, 0.3) is 0 Å². The van der Waals surface area contributed by atoms with Crippen LogP contribution < -0.4 is 0 Å². The van der Waals surface area contributed by atoms with E-state index in [0.29, 0.717) is 13.2 Å². The van der Waals surface area contributed by atoms with Gasteiger partial charge >= 0.3 is 5.97 Å². The lowest BCUT2D eigenvalue weighted by Gasteiger charge is -2.05. The Balaban J connectivity index is 2.34. The molecule has 0 saturated heterocycles. The molecule has 11 heavy (non-hydrogen) atoms. The quantitative estimate of drug-likeness (QED) is 0.683. The summed E-state index contributed by atoms with van der Waals surface area (Å²) < 4.78 is 5.61. The molecular formula is C6H8BrNO2S. The summed E-state index contributed by atoms with van der Waals surface area (Å²) in [6, 6.07) is 0. The third kappa shape index (κ3) is 2.48. The van der Waals surface area contributed by atoms with Gasteiger partial charge in [-0.2, -0.15) is 0 Å². The lowest BCUT2D eigenvalue weighted by Crippen LogP contribution is -2.20. The number of halogens is 1. The van der Waals surface area contributed by atoms with Crippen LogP contribution in [0.1, 0.15) is 6.92 Å². The Labute approximate surface area is 77.7 Å². The Morgan fingerprint density at radius 3 is 3.18 bits per heavy atom. The zero-order chi connectivity index (χ0) is 8.27. The van der Waals surface area contributed by atoms with Gasteiger partial charge in [-0.1, -0.05) is 11.8 Å². The molecule has 1 rings (SSSR count). The molecule has 1 aliphatic heterocycles. The largest absolute Gasteiger partial charge is 0.465 e. The molecule has 0 aromatic carbocycles. The van der Waals surface area contributed by atoms with Crippen molar-refractivity contribution < 1.29 is 9.53 Å². The van der Waals surface area contributed by atoms with Crippen molar-refractivity contribution in [2.75, 3.05) is 13.2 Å². The highest BCUT2D eigenvalue weighted by atomic mass is 79.9. The molecule has 0 amide bonds. The Hall–Kier alpha value is -0.0300. The van der Waals surface area contributed by atoms with Gasteiger partial charge < -0.3 is 4.74 Å². The molecule has 0 aromatic heterocycles. The van der Waals surface area contributed by atoms with Crippen molar-refractivity contribution in [3.05, 3.63) is 0 Å². The van der Waals surface area contributed by atoms with Gasteiger partial charge in [0.05, 0.1) is 13.2 Å². The number of thioether (sulfide) groups is 1. The monoisotopic (exact) mass is 237 g/mol. The summed E-state index contributed by atoms with van der Waals surface area (Å²) in [6.45, 7) is 2.77. The maximum Gasteiger partial charge on any atom is 0.321 e. The van der Waals surface area contributed by atoms with Crippen molar-refractivity contribution in [1.29, 1.82) is 0 Å². The van der Waals surface area contributed by atoms with Crippen LogP contribution in [0.15, 0.2) is 4.99 Å². The molecule has 1 heterocycles. The van der Waals surface area contributed by atoms with E-state index in [9.17, 15) is 4.79 Å². The van der Waals surface area contributed by atoms with Gasteiger partial charge in [-0.15, -0.1) is 0 Å². The topological polar surface area (TPSA) is 38.7 Å². The third-order valence-corrected chi connectivity index (χ3v) is 2.93. The summed E-state index contributed by atoms with van der Waals surface area (Å²) in [5.41, 5.74) is 0. The van der Waals surface area contributed by atoms with Crippen molar-refractivity contribution in [3.8, 4) is 0 Å². The number of ether oxygens (including phenoxy) is 1. The molecule has 0 radical (unpaired) electrons. The second-order valence-electron chi connectivity index (χ2n) is 1.95. The maximum atomic E-state index is 11.1. The molecule has 1 unspecified atom stereocenters. The van der Waals surface area contributed by atoms with Gasteiger partial charge in [0.15, 0.2) is 0 Å². The Morgan fingerprint density at radius 1 is 2.00 bits per heavy atom. The average molecular weight is 238 g/mol. The number of hydrogen-bond acceptors (Lipinski definition) is 4. The van der Waals surface area contributed by atoms with E-state index in [1.807, 2.05) is 0 Å². The summed E-state index contributed by atoms with van der Waals surface area (Å²) >= 11 is 4.61. The molecular weight excluding hydrogens is 230 g/mol. The number of rotatable bonds is 2. The van der Waals surface area contributed by atoms with Gasteiger partial charge in [0.1, 0.15) is 9.20 Å². The van der Waals surface area contributed by atoms with Crippen LogP contribution in [0.4, 0.5) is 0 Å². The summed E-state index contributed by atoms with van der Waals surface area (Å²) in [4.78, 5) is 15.1. The molecule has 0 saturated carbocycles. The maximum absolute atomic E-state index is 11.1. The molecule has 1 atom stereocenters. The van der Waals surface area contributed by atoms with Crippen LogP contribution in [-0.4, -0.2) is 28.3 Å². The van der Waals surface area contributed by atoms with Crippen molar-refractivity contribution in [2.24, 2.45) is 4.99 Å². The first kappa shape index (κ1) is 9.06. The van der Waals surface area contributed by atoms with Crippen LogP contribution in [0, 0.1) is 0 Å². The summed E-state index contributed by atoms with van der Waals surface area (Å²) in [6.07, 6.45) is 0. The highest BCUT2D eigenvalue weighted by Gasteiger charge is 2.26. The summed E-state index contributed by atoms with van der Waals surface area (Å²) in [7, 11) is 0. The third-order valence-electron chi connectivity index (χ3n) is 1.17. The lowest BCUT2D eigenvalue weighted by molar-refractivity contribution is -0.142. The molecule has 0 spiro atoms. The van der Waals surface area contributed by atoms with Crippen LogP contribution in [0.3, 0.4) is 0 Å². The minimum atomic E-state index is -0.171. The molecule has 0 N–H and O–H groups in total. The van der Waals surface area contributed by atoms with Gasteiger partial charge in [0.2, 0.25) is 0 Å². The van der Waals surface area contributed by atoms with Crippen molar-refractivity contribution in [1.82, 2.24) is 0 Å². The predicted molar refractivity (Wildman–Crippen MR) is 49.2 cm³/mol. The Kier molecular flexibility index (Phi) is 3.39. The number of hydrogen-bond donors (Lipinski definition) is 0. The van der Waals surface area contributed by atoms with Crippen LogP contribution >= 0.6 is 27.7 Å². The highest BCUT2D eigenvalue weighted by Crippen LogP contribution is 2.25. The van der Waals surface area contributed by atoms with Crippen LogP contribution in [0.5, 0.6) is 0 Å². The second kappa shape index (κ2) is 4.11. The highest BCUT2D eigenvalue weighted by molar-refractivity contribution is 9.22. The fourth-order valence-electron chi connectivity index (χ4n) is 0.704. The number of nitrogens with zero attached hydrogens (tertiary/aromatic N) is 1. The smallest absolute Gasteiger partial charge is 0.321 e. The summed E-state index contributed by atoms with van der Waals surface area (Å²) in [5.74, 6) is -0.171. The van der Waals surface area contributed by atoms with E-state index >= 15 is 0 Å². The van der Waals surface area contributed by atoms with Crippen molar-refractivity contribution in [3.63, 3.8) is 0 Å². The fraction of sp³-hybridized carbons (Fsp3) is 0.667. The normalized spacial score (nSPS) is 23.1.